The van der Waals surface area contributed by atoms with Crippen molar-refractivity contribution in [1.82, 2.24) is 24.1 Å². The highest BCUT2D eigenvalue weighted by molar-refractivity contribution is 6.08. The molecule has 276 valence electrons. The van der Waals surface area contributed by atoms with Gasteiger partial charge in [0.1, 0.15) is 5.65 Å². The SMILES string of the molecule is C/C=C\c1c(CN)c2ccc3c(c2n1-c1ccc(-c2ccc(-n4c5cnccc5c5cccnc54)cc2)cc1)-c1ccccc1C31c2ncccc2C2C=CC=CC21. The van der Waals surface area contributed by atoms with Crippen LogP contribution < -0.4 is 5.73 Å². The van der Waals surface area contributed by atoms with Gasteiger partial charge in [0.05, 0.1) is 34.0 Å². The second-order valence-corrected chi connectivity index (χ2v) is 15.6. The van der Waals surface area contributed by atoms with Crippen LogP contribution in [-0.4, -0.2) is 24.1 Å². The third-order valence-corrected chi connectivity index (χ3v) is 13.0. The fraction of sp³-hybridized carbons (Fsp3) is 0.0962. The summed E-state index contributed by atoms with van der Waals surface area (Å²) in [5.74, 6) is 0.467. The Morgan fingerprint density at radius 1 is 0.690 bits per heavy atom. The molecule has 0 saturated heterocycles. The van der Waals surface area contributed by atoms with Crippen LogP contribution in [0.5, 0.6) is 0 Å². The van der Waals surface area contributed by atoms with E-state index in [1.54, 1.807) is 0 Å². The summed E-state index contributed by atoms with van der Waals surface area (Å²) in [6, 6.07) is 42.0. The number of hydrogen-bond donors (Lipinski definition) is 1. The van der Waals surface area contributed by atoms with Crippen molar-refractivity contribution < 1.29 is 0 Å². The fourth-order valence-corrected chi connectivity index (χ4v) is 10.7. The summed E-state index contributed by atoms with van der Waals surface area (Å²) in [5.41, 5.74) is 23.8. The second-order valence-electron chi connectivity index (χ2n) is 15.6. The molecule has 2 N–H and O–H groups in total. The van der Waals surface area contributed by atoms with Gasteiger partial charge in [-0.15, -0.1) is 0 Å². The number of fused-ring (bicyclic) bond motifs is 15. The van der Waals surface area contributed by atoms with Crippen molar-refractivity contribution in [3.05, 3.63) is 204 Å². The van der Waals surface area contributed by atoms with Gasteiger partial charge >= 0.3 is 0 Å². The molecule has 0 saturated carbocycles. The van der Waals surface area contributed by atoms with Crippen molar-refractivity contribution in [1.29, 1.82) is 0 Å². The number of nitrogens with two attached hydrogens (primary N) is 1. The maximum absolute atomic E-state index is 6.67. The molecule has 3 unspecified atom stereocenters. The summed E-state index contributed by atoms with van der Waals surface area (Å²) in [7, 11) is 0. The molecule has 0 bridgehead atoms. The van der Waals surface area contributed by atoms with Gasteiger partial charge in [-0.3, -0.25) is 14.5 Å². The lowest BCUT2D eigenvalue weighted by atomic mass is 9.66. The molecule has 3 aliphatic rings. The van der Waals surface area contributed by atoms with E-state index in [2.05, 4.69) is 167 Å². The molecule has 0 aliphatic heterocycles. The van der Waals surface area contributed by atoms with E-state index < -0.39 is 5.41 Å². The normalized spacial score (nSPS) is 18.8. The molecule has 58 heavy (non-hydrogen) atoms. The minimum absolute atomic E-state index is 0.211. The van der Waals surface area contributed by atoms with Gasteiger partial charge < -0.3 is 10.3 Å². The third kappa shape index (κ3) is 4.27. The molecule has 5 heterocycles. The molecule has 3 aliphatic carbocycles. The average molecular weight is 747 g/mol. The molecule has 0 amide bonds. The third-order valence-electron chi connectivity index (χ3n) is 13.0. The van der Waals surface area contributed by atoms with Crippen LogP contribution in [0.25, 0.3) is 72.5 Å². The molecule has 12 rings (SSSR count). The van der Waals surface area contributed by atoms with Gasteiger partial charge in [0.2, 0.25) is 0 Å². The first-order valence-corrected chi connectivity index (χ1v) is 20.1. The van der Waals surface area contributed by atoms with Crippen molar-refractivity contribution >= 4 is 38.9 Å². The van der Waals surface area contributed by atoms with Crippen molar-refractivity contribution in [3.63, 3.8) is 0 Å². The predicted molar refractivity (Wildman–Crippen MR) is 235 cm³/mol. The summed E-state index contributed by atoms with van der Waals surface area (Å²) in [5, 5.41) is 3.45. The maximum atomic E-state index is 6.67. The quantitative estimate of drug-likeness (QED) is 0.190. The number of aromatic nitrogens is 5. The minimum atomic E-state index is -0.413. The van der Waals surface area contributed by atoms with E-state index in [-0.39, 0.29) is 11.8 Å². The highest BCUT2D eigenvalue weighted by Gasteiger charge is 2.58. The lowest BCUT2D eigenvalue weighted by molar-refractivity contribution is 0.459. The Morgan fingerprint density at radius 2 is 1.45 bits per heavy atom. The van der Waals surface area contributed by atoms with Crippen LogP contribution in [0.15, 0.2) is 170 Å². The standard InChI is InChI=1S/C52H38N6/c1-2-9-46-42(30-53)38-24-25-45-48(41-11-4-6-15-44(41)52(45)43-14-5-3-10-36(43)39-12-7-27-55-50(39)52)49(38)57(46)34-20-16-32(17-21-34)33-18-22-35(23-19-33)58-47-31-54-29-26-37(47)40-13-8-28-56-51(40)58/h2-29,31,36,43H,30,53H2,1H3/b9-2-. The molecule has 0 radical (unpaired) electrons. The average Bonchev–Trinajstić information content (AvgIpc) is 3.98. The molecule has 4 aromatic carbocycles. The molecule has 3 atom stereocenters. The summed E-state index contributed by atoms with van der Waals surface area (Å²) in [6.45, 7) is 2.51. The molecule has 6 nitrogen and oxygen atoms in total. The molecule has 1 spiro atoms. The zero-order chi connectivity index (χ0) is 38.5. The largest absolute Gasteiger partial charge is 0.326 e. The summed E-state index contributed by atoms with van der Waals surface area (Å²) in [4.78, 5) is 14.4. The Labute approximate surface area is 336 Å². The van der Waals surface area contributed by atoms with E-state index >= 15 is 0 Å². The summed E-state index contributed by atoms with van der Waals surface area (Å²) < 4.78 is 4.65. The summed E-state index contributed by atoms with van der Waals surface area (Å²) >= 11 is 0. The van der Waals surface area contributed by atoms with E-state index in [1.165, 1.54) is 44.4 Å². The minimum Gasteiger partial charge on any atom is -0.326 e. The molecule has 6 heteroatoms. The second kappa shape index (κ2) is 12.4. The van der Waals surface area contributed by atoms with Crippen LogP contribution in [0.3, 0.4) is 0 Å². The van der Waals surface area contributed by atoms with Gasteiger partial charge in [-0.05, 0) is 100 Å². The maximum Gasteiger partial charge on any atom is 0.145 e. The van der Waals surface area contributed by atoms with E-state index in [9.17, 15) is 0 Å². The van der Waals surface area contributed by atoms with E-state index in [0.717, 1.165) is 55.7 Å². The van der Waals surface area contributed by atoms with Crippen molar-refractivity contribution in [3.8, 4) is 33.6 Å². The van der Waals surface area contributed by atoms with Gasteiger partial charge in [-0.2, -0.15) is 0 Å². The Morgan fingerprint density at radius 3 is 2.26 bits per heavy atom. The number of rotatable bonds is 5. The Bertz CT molecular complexity index is 3180. The van der Waals surface area contributed by atoms with Crippen LogP contribution in [0.1, 0.15) is 46.5 Å². The number of hydrogen-bond acceptors (Lipinski definition) is 4. The highest BCUT2D eigenvalue weighted by Crippen LogP contribution is 2.65. The molecule has 5 aromatic heterocycles. The molecule has 0 fully saturated rings. The number of benzene rings is 4. The van der Waals surface area contributed by atoms with Gasteiger partial charge in [0, 0.05) is 70.1 Å². The zero-order valence-corrected chi connectivity index (χ0v) is 31.9. The number of pyridine rings is 3. The molecule has 9 aromatic rings. The summed E-state index contributed by atoms with van der Waals surface area (Å²) in [6.07, 6.45) is 21.1. The molecular formula is C52H38N6. The van der Waals surface area contributed by atoms with Gasteiger partial charge in [0.15, 0.2) is 0 Å². The van der Waals surface area contributed by atoms with Crippen LogP contribution >= 0.6 is 0 Å². The first-order valence-electron chi connectivity index (χ1n) is 20.1. The van der Waals surface area contributed by atoms with Crippen LogP contribution in [0, 0.1) is 5.92 Å². The Hall–Kier alpha value is -7.15. The number of allylic oxidation sites excluding steroid dienone is 5. The predicted octanol–water partition coefficient (Wildman–Crippen LogP) is 11.2. The van der Waals surface area contributed by atoms with E-state index in [1.807, 2.05) is 30.9 Å². The smallest absolute Gasteiger partial charge is 0.145 e. The monoisotopic (exact) mass is 746 g/mol. The highest BCUT2D eigenvalue weighted by atomic mass is 15.1. The van der Waals surface area contributed by atoms with E-state index in [0.29, 0.717) is 6.54 Å². The van der Waals surface area contributed by atoms with Crippen molar-refractivity contribution in [2.75, 3.05) is 0 Å². The lowest BCUT2D eigenvalue weighted by Gasteiger charge is -2.35. The van der Waals surface area contributed by atoms with Crippen LogP contribution in [0.4, 0.5) is 0 Å². The van der Waals surface area contributed by atoms with Gasteiger partial charge in [0.25, 0.3) is 0 Å². The van der Waals surface area contributed by atoms with Crippen LogP contribution in [-0.2, 0) is 12.0 Å². The van der Waals surface area contributed by atoms with Crippen molar-refractivity contribution in [2.24, 2.45) is 11.7 Å². The lowest BCUT2D eigenvalue weighted by Crippen LogP contribution is -2.33. The Kier molecular flexibility index (Phi) is 7.08. The number of nitrogens with zero attached hydrogens (tertiary/aromatic N) is 5. The van der Waals surface area contributed by atoms with Crippen molar-refractivity contribution in [2.45, 2.75) is 24.8 Å². The fourth-order valence-electron chi connectivity index (χ4n) is 10.7. The van der Waals surface area contributed by atoms with Gasteiger partial charge in [-0.25, -0.2) is 4.98 Å². The van der Waals surface area contributed by atoms with Gasteiger partial charge in [-0.1, -0.05) is 97.1 Å². The zero-order valence-electron chi connectivity index (χ0n) is 31.9. The van der Waals surface area contributed by atoms with Crippen LogP contribution in [0.2, 0.25) is 0 Å². The Balaban J connectivity index is 1.03. The van der Waals surface area contributed by atoms with E-state index in [4.69, 9.17) is 15.7 Å². The molecular weight excluding hydrogens is 709 g/mol. The first-order chi connectivity index (χ1) is 28.7. The first kappa shape index (κ1) is 33.0. The topological polar surface area (TPSA) is 74.5 Å².